The summed E-state index contributed by atoms with van der Waals surface area (Å²) in [5.41, 5.74) is 4.89. The topological polar surface area (TPSA) is 72.5 Å². The maximum Gasteiger partial charge on any atom is 0.323 e. The van der Waals surface area contributed by atoms with Crippen molar-refractivity contribution in [3.8, 4) is 0 Å². The van der Waals surface area contributed by atoms with Crippen molar-refractivity contribution in [2.24, 2.45) is 5.73 Å². The van der Waals surface area contributed by atoms with E-state index in [9.17, 15) is 4.79 Å². The molecule has 0 amide bonds. The van der Waals surface area contributed by atoms with Crippen LogP contribution in [-0.2, 0) is 9.53 Å². The second kappa shape index (κ2) is 4.42. The molecule has 4 nitrogen and oxygen atoms in total. The Morgan fingerprint density at radius 2 is 2.08 bits per heavy atom. The number of carbonyl (C=O) groups excluding carboxylic acids is 1. The number of aliphatic hydroxyl groups excluding tert-OH is 1. The number of rotatable bonds is 3. The summed E-state index contributed by atoms with van der Waals surface area (Å²) in [6, 6.07) is -0.714. The predicted octanol–water partition coefficient (Wildman–Crippen LogP) is 0.0378. The smallest absolute Gasteiger partial charge is 0.323 e. The van der Waals surface area contributed by atoms with E-state index in [1.54, 1.807) is 20.8 Å². The number of hydrogen-bond donors (Lipinski definition) is 2. The van der Waals surface area contributed by atoms with Crippen LogP contribution < -0.4 is 5.73 Å². The lowest BCUT2D eigenvalue weighted by atomic mass is 10.2. The lowest BCUT2D eigenvalue weighted by Gasteiger charge is -2.21. The third kappa shape index (κ3) is 5.09. The second-order valence-electron chi connectivity index (χ2n) is 3.65. The van der Waals surface area contributed by atoms with Crippen molar-refractivity contribution in [1.29, 1.82) is 0 Å². The van der Waals surface area contributed by atoms with Gasteiger partial charge in [-0.05, 0) is 27.2 Å². The van der Waals surface area contributed by atoms with E-state index >= 15 is 0 Å². The van der Waals surface area contributed by atoms with Crippen molar-refractivity contribution in [2.75, 3.05) is 6.61 Å². The SMILES string of the molecule is CC(C)(C)OC(=O)C(N)CCO. The van der Waals surface area contributed by atoms with E-state index in [0.717, 1.165) is 0 Å². The average molecular weight is 175 g/mol. The highest BCUT2D eigenvalue weighted by Gasteiger charge is 2.21. The fourth-order valence-electron chi connectivity index (χ4n) is 0.634. The van der Waals surface area contributed by atoms with Gasteiger partial charge in [-0.2, -0.15) is 0 Å². The van der Waals surface area contributed by atoms with Crippen LogP contribution in [0.3, 0.4) is 0 Å². The molecule has 72 valence electrons. The standard InChI is InChI=1S/C8H17NO3/c1-8(2,3)12-7(11)6(9)4-5-10/h6,10H,4-5,9H2,1-3H3. The quantitative estimate of drug-likeness (QED) is 0.594. The van der Waals surface area contributed by atoms with E-state index in [0.29, 0.717) is 0 Å². The molecule has 1 atom stereocenters. The zero-order valence-corrected chi connectivity index (χ0v) is 7.83. The van der Waals surface area contributed by atoms with Crippen LogP contribution in [0.4, 0.5) is 0 Å². The number of esters is 1. The molecule has 0 aliphatic carbocycles. The minimum absolute atomic E-state index is 0.0968. The van der Waals surface area contributed by atoms with Crippen LogP contribution in [-0.4, -0.2) is 29.3 Å². The monoisotopic (exact) mass is 175 g/mol. The van der Waals surface area contributed by atoms with Gasteiger partial charge in [-0.25, -0.2) is 0 Å². The van der Waals surface area contributed by atoms with E-state index in [4.69, 9.17) is 15.6 Å². The fourth-order valence-corrected chi connectivity index (χ4v) is 0.634. The Labute approximate surface area is 72.7 Å². The molecule has 1 unspecified atom stereocenters. The van der Waals surface area contributed by atoms with E-state index in [-0.39, 0.29) is 13.0 Å². The van der Waals surface area contributed by atoms with Crippen LogP contribution in [0.2, 0.25) is 0 Å². The molecule has 3 N–H and O–H groups in total. The molecule has 0 aliphatic rings. The maximum absolute atomic E-state index is 11.1. The molecule has 0 aromatic carbocycles. The van der Waals surface area contributed by atoms with Crippen molar-refractivity contribution in [3.63, 3.8) is 0 Å². The molecule has 0 heterocycles. The van der Waals surface area contributed by atoms with Gasteiger partial charge in [-0.15, -0.1) is 0 Å². The Kier molecular flexibility index (Phi) is 4.20. The number of ether oxygens (including phenoxy) is 1. The first-order chi connectivity index (χ1) is 5.37. The maximum atomic E-state index is 11.1. The number of carbonyl (C=O) groups is 1. The fraction of sp³-hybridized carbons (Fsp3) is 0.875. The summed E-state index contributed by atoms with van der Waals surface area (Å²) in [6.45, 7) is 5.23. The van der Waals surface area contributed by atoms with Crippen molar-refractivity contribution >= 4 is 5.97 Å². The molecule has 0 aromatic heterocycles. The summed E-state index contributed by atoms with van der Waals surface area (Å²) >= 11 is 0. The van der Waals surface area contributed by atoms with Gasteiger partial charge in [0.1, 0.15) is 11.6 Å². The summed E-state index contributed by atoms with van der Waals surface area (Å²) in [5, 5.41) is 8.50. The van der Waals surface area contributed by atoms with Gasteiger partial charge in [0.2, 0.25) is 0 Å². The molecule has 0 aromatic rings. The Morgan fingerprint density at radius 1 is 1.58 bits per heavy atom. The van der Waals surface area contributed by atoms with E-state index in [1.807, 2.05) is 0 Å². The lowest BCUT2D eigenvalue weighted by Crippen LogP contribution is -2.37. The number of aliphatic hydroxyl groups is 1. The zero-order valence-electron chi connectivity index (χ0n) is 7.83. The largest absolute Gasteiger partial charge is 0.459 e. The van der Waals surface area contributed by atoms with Crippen LogP contribution in [0.15, 0.2) is 0 Å². The van der Waals surface area contributed by atoms with Crippen molar-refractivity contribution in [3.05, 3.63) is 0 Å². The van der Waals surface area contributed by atoms with Crippen molar-refractivity contribution < 1.29 is 14.6 Å². The first-order valence-corrected chi connectivity index (χ1v) is 3.96. The first-order valence-electron chi connectivity index (χ1n) is 3.96. The molecule has 12 heavy (non-hydrogen) atoms. The second-order valence-corrected chi connectivity index (χ2v) is 3.65. The minimum Gasteiger partial charge on any atom is -0.459 e. The summed E-state index contributed by atoms with van der Waals surface area (Å²) in [5.74, 6) is -0.462. The minimum atomic E-state index is -0.714. The van der Waals surface area contributed by atoms with E-state index in [1.165, 1.54) is 0 Å². The number of hydrogen-bond acceptors (Lipinski definition) is 4. The summed E-state index contributed by atoms with van der Waals surface area (Å²) in [4.78, 5) is 11.1. The van der Waals surface area contributed by atoms with E-state index in [2.05, 4.69) is 0 Å². The number of nitrogens with two attached hydrogens (primary N) is 1. The lowest BCUT2D eigenvalue weighted by molar-refractivity contribution is -0.156. The van der Waals surface area contributed by atoms with Gasteiger partial charge >= 0.3 is 5.97 Å². The van der Waals surface area contributed by atoms with Crippen LogP contribution in [0.5, 0.6) is 0 Å². The molecule has 4 heteroatoms. The van der Waals surface area contributed by atoms with Gasteiger partial charge in [0.05, 0.1) is 0 Å². The van der Waals surface area contributed by atoms with Crippen LogP contribution >= 0.6 is 0 Å². The molecular formula is C8H17NO3. The Hall–Kier alpha value is -0.610. The predicted molar refractivity (Wildman–Crippen MR) is 45.5 cm³/mol. The Morgan fingerprint density at radius 3 is 2.42 bits per heavy atom. The molecule has 0 spiro atoms. The van der Waals surface area contributed by atoms with Gasteiger partial charge in [0.25, 0.3) is 0 Å². The van der Waals surface area contributed by atoms with Gasteiger partial charge in [0.15, 0.2) is 0 Å². The van der Waals surface area contributed by atoms with Crippen LogP contribution in [0, 0.1) is 0 Å². The zero-order chi connectivity index (χ0) is 9.78. The Bertz CT molecular complexity index is 151. The summed E-state index contributed by atoms with van der Waals surface area (Å²) in [6.07, 6.45) is 0.245. The van der Waals surface area contributed by atoms with E-state index < -0.39 is 17.6 Å². The first kappa shape index (κ1) is 11.4. The molecule has 0 fully saturated rings. The highest BCUT2D eigenvalue weighted by Crippen LogP contribution is 2.08. The van der Waals surface area contributed by atoms with Crippen molar-refractivity contribution in [2.45, 2.75) is 38.8 Å². The van der Waals surface area contributed by atoms with Gasteiger partial charge in [-0.1, -0.05) is 0 Å². The van der Waals surface area contributed by atoms with Crippen LogP contribution in [0.25, 0.3) is 0 Å². The molecule has 0 bridgehead atoms. The highest BCUT2D eigenvalue weighted by molar-refractivity contribution is 5.75. The molecule has 0 radical (unpaired) electrons. The van der Waals surface area contributed by atoms with Gasteiger partial charge in [0, 0.05) is 6.61 Å². The molecule has 0 aliphatic heterocycles. The summed E-state index contributed by atoms with van der Waals surface area (Å²) in [7, 11) is 0. The van der Waals surface area contributed by atoms with Crippen molar-refractivity contribution in [1.82, 2.24) is 0 Å². The molecule has 0 saturated heterocycles. The molecular weight excluding hydrogens is 158 g/mol. The normalized spacial score (nSPS) is 14.1. The van der Waals surface area contributed by atoms with Gasteiger partial charge in [-0.3, -0.25) is 4.79 Å². The Balaban J connectivity index is 3.87. The van der Waals surface area contributed by atoms with Crippen LogP contribution in [0.1, 0.15) is 27.2 Å². The highest BCUT2D eigenvalue weighted by atomic mass is 16.6. The average Bonchev–Trinajstić information content (AvgIpc) is 1.84. The molecule has 0 rings (SSSR count). The summed E-state index contributed by atoms with van der Waals surface area (Å²) < 4.78 is 4.98. The third-order valence-electron chi connectivity index (χ3n) is 1.15. The molecule has 0 saturated carbocycles. The van der Waals surface area contributed by atoms with Gasteiger partial charge < -0.3 is 15.6 Å². The third-order valence-corrected chi connectivity index (χ3v) is 1.15.